The van der Waals surface area contributed by atoms with Crippen molar-refractivity contribution in [1.82, 2.24) is 14.9 Å². The largest absolute Gasteiger partial charge is 0.478 e. The molecule has 0 spiro atoms. The number of nitrogens with zero attached hydrogens (tertiary/aromatic N) is 3. The molecule has 3 aromatic rings. The minimum atomic E-state index is -1.00. The Morgan fingerprint density at radius 2 is 2.03 bits per heavy atom. The number of furan rings is 1. The summed E-state index contributed by atoms with van der Waals surface area (Å²) in [5, 5.41) is 9.57. The number of carboxylic acid groups (broad SMARTS) is 1. The quantitative estimate of drug-likeness (QED) is 0.726. The lowest BCUT2D eigenvalue weighted by Gasteiger charge is -2.25. The van der Waals surface area contributed by atoms with Crippen molar-refractivity contribution in [3.8, 4) is 17.2 Å². The molecule has 1 aliphatic carbocycles. The van der Waals surface area contributed by atoms with E-state index >= 15 is 0 Å². The van der Waals surface area contributed by atoms with E-state index in [-0.39, 0.29) is 23.0 Å². The normalized spacial score (nSPS) is 14.7. The van der Waals surface area contributed by atoms with Gasteiger partial charge in [0.05, 0.1) is 18.0 Å². The van der Waals surface area contributed by atoms with Crippen molar-refractivity contribution < 1.29 is 23.8 Å². The molecular formula is C21H19N3O5. The van der Waals surface area contributed by atoms with Crippen molar-refractivity contribution in [1.29, 1.82) is 0 Å². The number of ether oxygens (including phenoxy) is 1. The molecule has 0 saturated carbocycles. The van der Waals surface area contributed by atoms with Gasteiger partial charge in [-0.15, -0.1) is 0 Å². The van der Waals surface area contributed by atoms with Crippen LogP contribution in [0.25, 0.3) is 11.3 Å². The predicted molar refractivity (Wildman–Crippen MR) is 103 cm³/mol. The van der Waals surface area contributed by atoms with Gasteiger partial charge in [-0.2, -0.15) is 0 Å². The smallest absolute Gasteiger partial charge is 0.335 e. The van der Waals surface area contributed by atoms with Crippen LogP contribution in [0.5, 0.6) is 5.88 Å². The van der Waals surface area contributed by atoms with Crippen LogP contribution in [0.3, 0.4) is 0 Å². The molecule has 0 radical (unpaired) electrons. The van der Waals surface area contributed by atoms with Crippen LogP contribution >= 0.6 is 0 Å². The first-order valence-corrected chi connectivity index (χ1v) is 9.01. The maximum atomic E-state index is 12.0. The molecule has 148 valence electrons. The summed E-state index contributed by atoms with van der Waals surface area (Å²) >= 11 is 0. The molecule has 1 N–H and O–H groups in total. The Morgan fingerprint density at radius 3 is 2.69 bits per heavy atom. The number of benzene rings is 1. The van der Waals surface area contributed by atoms with Gasteiger partial charge < -0.3 is 19.2 Å². The number of carboxylic acids is 1. The van der Waals surface area contributed by atoms with Crippen molar-refractivity contribution >= 4 is 11.9 Å². The first-order valence-electron chi connectivity index (χ1n) is 9.01. The maximum absolute atomic E-state index is 12.0. The first-order chi connectivity index (χ1) is 13.8. The Balaban J connectivity index is 1.69. The van der Waals surface area contributed by atoms with E-state index in [1.807, 2.05) is 19.1 Å². The number of amides is 1. The molecule has 1 amide bonds. The zero-order valence-electron chi connectivity index (χ0n) is 16.2. The molecule has 0 bridgehead atoms. The molecule has 1 unspecified atom stereocenters. The molecule has 8 heteroatoms. The van der Waals surface area contributed by atoms with E-state index < -0.39 is 12.1 Å². The second-order valence-corrected chi connectivity index (χ2v) is 7.03. The highest BCUT2D eigenvalue weighted by Crippen LogP contribution is 2.43. The van der Waals surface area contributed by atoms with E-state index in [0.29, 0.717) is 23.5 Å². The Bertz CT molecular complexity index is 1100. The molecule has 1 aromatic carbocycles. The number of fused-ring (bicyclic) bond motifs is 3. The molecule has 29 heavy (non-hydrogen) atoms. The summed E-state index contributed by atoms with van der Waals surface area (Å²) in [6.45, 7) is 1.83. The van der Waals surface area contributed by atoms with Gasteiger partial charge in [-0.1, -0.05) is 12.1 Å². The Hall–Kier alpha value is -3.68. The monoisotopic (exact) mass is 393 g/mol. The van der Waals surface area contributed by atoms with Crippen LogP contribution in [0.15, 0.2) is 41.1 Å². The maximum Gasteiger partial charge on any atom is 0.335 e. The molecule has 2 heterocycles. The first kappa shape index (κ1) is 18.7. The topological polar surface area (TPSA) is 106 Å². The lowest BCUT2D eigenvalue weighted by Crippen LogP contribution is -2.23. The van der Waals surface area contributed by atoms with Gasteiger partial charge in [-0.25, -0.2) is 14.8 Å². The van der Waals surface area contributed by atoms with E-state index in [0.717, 1.165) is 11.1 Å². The Labute approximate surface area is 166 Å². The lowest BCUT2D eigenvalue weighted by molar-refractivity contribution is 0.0694. The van der Waals surface area contributed by atoms with Gasteiger partial charge in [-0.3, -0.25) is 4.79 Å². The second-order valence-electron chi connectivity index (χ2n) is 7.03. The average Bonchev–Trinajstić information content (AvgIpc) is 3.09. The molecule has 0 aliphatic heterocycles. The van der Waals surface area contributed by atoms with Crippen molar-refractivity contribution in [2.24, 2.45) is 0 Å². The van der Waals surface area contributed by atoms with Crippen LogP contribution in [-0.2, 0) is 6.42 Å². The third kappa shape index (κ3) is 3.33. The summed E-state index contributed by atoms with van der Waals surface area (Å²) in [5.41, 5.74) is 2.66. The SMILES string of the molecule is Cc1cc2c(o1)-c1cccc(C(=O)O)c1CC2Oc1cnc(C(=O)N(C)C)cn1. The summed E-state index contributed by atoms with van der Waals surface area (Å²) in [4.78, 5) is 33.4. The van der Waals surface area contributed by atoms with Crippen molar-refractivity contribution in [3.63, 3.8) is 0 Å². The molecule has 8 nitrogen and oxygen atoms in total. The Kier molecular flexibility index (Phi) is 4.54. The fraction of sp³-hybridized carbons (Fsp3) is 0.238. The van der Waals surface area contributed by atoms with Gasteiger partial charge in [0.2, 0.25) is 5.88 Å². The van der Waals surface area contributed by atoms with E-state index in [9.17, 15) is 14.7 Å². The number of rotatable bonds is 4. The zero-order valence-corrected chi connectivity index (χ0v) is 16.2. The summed E-state index contributed by atoms with van der Waals surface area (Å²) in [5.74, 6) is 0.291. The van der Waals surface area contributed by atoms with Crippen molar-refractivity contribution in [2.75, 3.05) is 14.1 Å². The molecule has 1 aliphatic rings. The fourth-order valence-electron chi connectivity index (χ4n) is 3.47. The number of hydrogen-bond donors (Lipinski definition) is 1. The van der Waals surface area contributed by atoms with Gasteiger partial charge >= 0.3 is 5.97 Å². The third-order valence-corrected chi connectivity index (χ3v) is 4.79. The molecule has 0 fully saturated rings. The van der Waals surface area contributed by atoms with Gasteiger partial charge in [0.25, 0.3) is 5.91 Å². The summed E-state index contributed by atoms with van der Waals surface area (Å²) in [6.07, 6.45) is 2.62. The molecule has 4 rings (SSSR count). The standard InChI is InChI=1S/C21H19N3O5/c1-11-7-15-17(29-18-10-22-16(9-23-18)20(25)24(2)3)8-14-12(19(15)28-11)5-4-6-13(14)21(26)27/h4-7,9-10,17H,8H2,1-3H3,(H,26,27). The number of carbonyl (C=O) groups excluding carboxylic acids is 1. The third-order valence-electron chi connectivity index (χ3n) is 4.79. The highest BCUT2D eigenvalue weighted by Gasteiger charge is 2.32. The highest BCUT2D eigenvalue weighted by atomic mass is 16.5. The van der Waals surface area contributed by atoms with Gasteiger partial charge in [0.1, 0.15) is 23.3 Å². The minimum absolute atomic E-state index is 0.212. The summed E-state index contributed by atoms with van der Waals surface area (Å²) in [7, 11) is 3.27. The molecule has 2 aromatic heterocycles. The van der Waals surface area contributed by atoms with Crippen LogP contribution in [0.1, 0.15) is 43.8 Å². The van der Waals surface area contributed by atoms with Crippen LogP contribution in [-0.4, -0.2) is 45.9 Å². The summed E-state index contributed by atoms with van der Waals surface area (Å²) < 4.78 is 11.9. The average molecular weight is 393 g/mol. The minimum Gasteiger partial charge on any atom is -0.478 e. The predicted octanol–water partition coefficient (Wildman–Crippen LogP) is 3.12. The van der Waals surface area contributed by atoms with Crippen LogP contribution in [0.2, 0.25) is 0 Å². The highest BCUT2D eigenvalue weighted by molar-refractivity contribution is 5.93. The van der Waals surface area contributed by atoms with Gasteiger partial charge in [0.15, 0.2) is 0 Å². The number of aromatic nitrogens is 2. The Morgan fingerprint density at radius 1 is 1.24 bits per heavy atom. The molecular weight excluding hydrogens is 374 g/mol. The van der Waals surface area contributed by atoms with Gasteiger partial charge in [0, 0.05) is 31.6 Å². The van der Waals surface area contributed by atoms with E-state index in [2.05, 4.69) is 9.97 Å². The lowest BCUT2D eigenvalue weighted by atomic mass is 9.85. The number of aryl methyl sites for hydroxylation is 1. The summed E-state index contributed by atoms with van der Waals surface area (Å²) in [6, 6.07) is 7.01. The molecule has 0 saturated heterocycles. The van der Waals surface area contributed by atoms with Crippen LogP contribution in [0.4, 0.5) is 0 Å². The number of carbonyl (C=O) groups is 2. The van der Waals surface area contributed by atoms with E-state index in [1.165, 1.54) is 17.3 Å². The molecule has 1 atom stereocenters. The number of aromatic carboxylic acids is 1. The number of hydrogen-bond acceptors (Lipinski definition) is 6. The second kappa shape index (κ2) is 7.05. The fourth-order valence-corrected chi connectivity index (χ4v) is 3.47. The van der Waals surface area contributed by atoms with Gasteiger partial charge in [-0.05, 0) is 24.6 Å². The van der Waals surface area contributed by atoms with Crippen molar-refractivity contribution in [3.05, 3.63) is 64.8 Å². The van der Waals surface area contributed by atoms with E-state index in [4.69, 9.17) is 9.15 Å². The van der Waals surface area contributed by atoms with Crippen LogP contribution in [0, 0.1) is 6.92 Å². The van der Waals surface area contributed by atoms with Crippen molar-refractivity contribution in [2.45, 2.75) is 19.4 Å². The van der Waals surface area contributed by atoms with E-state index in [1.54, 1.807) is 26.2 Å². The zero-order chi connectivity index (χ0) is 20.7. The van der Waals surface area contributed by atoms with Crippen LogP contribution < -0.4 is 4.74 Å².